The molecule has 4 nitrogen and oxygen atoms in total. The van der Waals surface area contributed by atoms with Gasteiger partial charge in [0.25, 0.3) is 0 Å². The Hall–Kier alpha value is -0.610. The van der Waals surface area contributed by atoms with Crippen molar-refractivity contribution in [2.45, 2.75) is 58.8 Å². The van der Waals surface area contributed by atoms with Gasteiger partial charge in [0, 0.05) is 6.61 Å². The molecule has 0 aromatic rings. The first-order chi connectivity index (χ1) is 6.72. The molecule has 15 heavy (non-hydrogen) atoms. The molecule has 0 saturated heterocycles. The van der Waals surface area contributed by atoms with E-state index in [9.17, 15) is 4.79 Å². The van der Waals surface area contributed by atoms with E-state index in [1.165, 1.54) is 0 Å². The molecule has 4 heteroatoms. The molecule has 2 N–H and O–H groups in total. The van der Waals surface area contributed by atoms with Crippen molar-refractivity contribution in [1.29, 1.82) is 0 Å². The lowest BCUT2D eigenvalue weighted by atomic mass is 10.1. The molecule has 1 atom stereocenters. The van der Waals surface area contributed by atoms with Gasteiger partial charge < -0.3 is 15.2 Å². The van der Waals surface area contributed by atoms with E-state index >= 15 is 0 Å². The molecular weight excluding hydrogens is 194 g/mol. The zero-order chi connectivity index (χ0) is 12.1. The molecule has 0 amide bonds. The lowest BCUT2D eigenvalue weighted by Gasteiger charge is -2.22. The van der Waals surface area contributed by atoms with Crippen molar-refractivity contribution < 1.29 is 14.3 Å². The summed E-state index contributed by atoms with van der Waals surface area (Å²) in [4.78, 5) is 11.4. The normalized spacial score (nSPS) is 14.1. The number of nitrogens with two attached hydrogens (primary N) is 1. The van der Waals surface area contributed by atoms with Crippen LogP contribution in [0.5, 0.6) is 0 Å². The van der Waals surface area contributed by atoms with E-state index in [1.54, 1.807) is 0 Å². The molecule has 90 valence electrons. The minimum absolute atomic E-state index is 0.163. The van der Waals surface area contributed by atoms with Crippen LogP contribution in [0.15, 0.2) is 0 Å². The number of esters is 1. The van der Waals surface area contributed by atoms with Gasteiger partial charge in [0.2, 0.25) is 0 Å². The maximum absolute atomic E-state index is 11.4. The molecule has 0 fully saturated rings. The Kier molecular flexibility index (Phi) is 5.83. The van der Waals surface area contributed by atoms with Gasteiger partial charge in [-0.05, 0) is 41.0 Å². The number of rotatable bonds is 5. The summed E-state index contributed by atoms with van der Waals surface area (Å²) >= 11 is 0. The molecule has 0 aliphatic heterocycles. The zero-order valence-electron chi connectivity index (χ0n) is 10.4. The number of carbonyl (C=O) groups excluding carboxylic acids is 1. The van der Waals surface area contributed by atoms with Gasteiger partial charge in [-0.3, -0.25) is 4.79 Å². The Morgan fingerprint density at radius 2 is 1.87 bits per heavy atom. The lowest BCUT2D eigenvalue weighted by Crippen LogP contribution is -2.38. The Morgan fingerprint density at radius 1 is 1.33 bits per heavy atom. The summed E-state index contributed by atoms with van der Waals surface area (Å²) in [5, 5.41) is 0. The summed E-state index contributed by atoms with van der Waals surface area (Å²) in [6.45, 7) is 9.84. The van der Waals surface area contributed by atoms with Gasteiger partial charge in [-0.25, -0.2) is 0 Å². The molecule has 0 aliphatic carbocycles. The second kappa shape index (κ2) is 6.08. The average Bonchev–Trinajstić information content (AvgIpc) is 1.99. The maximum Gasteiger partial charge on any atom is 0.323 e. The molecule has 0 rings (SSSR count). The van der Waals surface area contributed by atoms with Gasteiger partial charge in [-0.15, -0.1) is 0 Å². The topological polar surface area (TPSA) is 61.5 Å². The predicted molar refractivity (Wildman–Crippen MR) is 59.5 cm³/mol. The highest BCUT2D eigenvalue weighted by Gasteiger charge is 2.21. The molecule has 0 heterocycles. The van der Waals surface area contributed by atoms with Crippen LogP contribution in [0.4, 0.5) is 0 Å². The van der Waals surface area contributed by atoms with Crippen LogP contribution in [0.2, 0.25) is 0 Å². The Morgan fingerprint density at radius 3 is 2.27 bits per heavy atom. The number of hydrogen-bond donors (Lipinski definition) is 1. The first kappa shape index (κ1) is 14.4. The molecule has 0 bridgehead atoms. The van der Waals surface area contributed by atoms with Crippen LogP contribution in [0.3, 0.4) is 0 Å². The van der Waals surface area contributed by atoms with Gasteiger partial charge in [-0.1, -0.05) is 0 Å². The Bertz CT molecular complexity index is 196. The number of hydrogen-bond acceptors (Lipinski definition) is 4. The van der Waals surface area contributed by atoms with E-state index in [2.05, 4.69) is 0 Å². The van der Waals surface area contributed by atoms with Crippen molar-refractivity contribution in [3.8, 4) is 0 Å². The first-order valence-electron chi connectivity index (χ1n) is 5.32. The molecule has 0 radical (unpaired) electrons. The van der Waals surface area contributed by atoms with Crippen molar-refractivity contribution >= 4 is 5.97 Å². The van der Waals surface area contributed by atoms with Gasteiger partial charge in [0.15, 0.2) is 0 Å². The van der Waals surface area contributed by atoms with E-state index < -0.39 is 11.6 Å². The summed E-state index contributed by atoms with van der Waals surface area (Å²) in [6.07, 6.45) is 0.656. The average molecular weight is 217 g/mol. The second-order valence-corrected chi connectivity index (χ2v) is 4.85. The van der Waals surface area contributed by atoms with Crippen LogP contribution in [-0.4, -0.2) is 30.3 Å². The smallest absolute Gasteiger partial charge is 0.323 e. The third kappa shape index (κ3) is 8.39. The Balaban J connectivity index is 3.80. The van der Waals surface area contributed by atoms with E-state index in [4.69, 9.17) is 15.2 Å². The highest BCUT2D eigenvalue weighted by atomic mass is 16.6. The van der Waals surface area contributed by atoms with Crippen molar-refractivity contribution in [2.75, 3.05) is 6.61 Å². The summed E-state index contributed by atoms with van der Waals surface area (Å²) in [7, 11) is 0. The van der Waals surface area contributed by atoms with Gasteiger partial charge in [-0.2, -0.15) is 0 Å². The fourth-order valence-electron chi connectivity index (χ4n) is 0.926. The minimum Gasteiger partial charge on any atom is -0.459 e. The largest absolute Gasteiger partial charge is 0.459 e. The van der Waals surface area contributed by atoms with E-state index in [0.717, 1.165) is 0 Å². The highest BCUT2D eigenvalue weighted by molar-refractivity contribution is 5.75. The van der Waals surface area contributed by atoms with Crippen LogP contribution >= 0.6 is 0 Å². The predicted octanol–water partition coefficient (Wildman–Crippen LogP) is 1.47. The van der Waals surface area contributed by atoms with Crippen molar-refractivity contribution in [2.24, 2.45) is 5.73 Å². The summed E-state index contributed by atoms with van der Waals surface area (Å²) in [6, 6.07) is -0.594. The summed E-state index contributed by atoms with van der Waals surface area (Å²) < 4.78 is 10.4. The standard InChI is InChI=1S/C11H23NO3/c1-8(2)14-7-6-9(12)10(13)15-11(3,4)5/h8-9H,6-7,12H2,1-5H3/t9-/m0/s1. The van der Waals surface area contributed by atoms with Gasteiger partial charge >= 0.3 is 5.97 Å². The van der Waals surface area contributed by atoms with Crippen molar-refractivity contribution in [1.82, 2.24) is 0 Å². The molecule has 0 aromatic heterocycles. The quantitative estimate of drug-likeness (QED) is 0.708. The molecule has 0 unspecified atom stereocenters. The molecule has 0 aromatic carbocycles. The Labute approximate surface area is 92.1 Å². The van der Waals surface area contributed by atoms with Crippen molar-refractivity contribution in [3.05, 3.63) is 0 Å². The fraction of sp³-hybridized carbons (Fsp3) is 0.909. The van der Waals surface area contributed by atoms with Crippen molar-refractivity contribution in [3.63, 3.8) is 0 Å². The van der Waals surface area contributed by atoms with E-state index in [1.807, 2.05) is 34.6 Å². The SMILES string of the molecule is CC(C)OCC[C@H](N)C(=O)OC(C)(C)C. The summed E-state index contributed by atoms with van der Waals surface area (Å²) in [5.41, 5.74) is 5.18. The second-order valence-electron chi connectivity index (χ2n) is 4.85. The molecular formula is C11H23NO3. The minimum atomic E-state index is -0.594. The van der Waals surface area contributed by atoms with E-state index in [0.29, 0.717) is 13.0 Å². The number of ether oxygens (including phenoxy) is 2. The highest BCUT2D eigenvalue weighted by Crippen LogP contribution is 2.08. The maximum atomic E-state index is 11.4. The zero-order valence-corrected chi connectivity index (χ0v) is 10.4. The molecule has 0 saturated carbocycles. The third-order valence-electron chi connectivity index (χ3n) is 1.59. The third-order valence-corrected chi connectivity index (χ3v) is 1.59. The van der Waals surface area contributed by atoms with Gasteiger partial charge in [0.1, 0.15) is 11.6 Å². The van der Waals surface area contributed by atoms with Crippen LogP contribution < -0.4 is 5.73 Å². The van der Waals surface area contributed by atoms with Gasteiger partial charge in [0.05, 0.1) is 6.10 Å². The van der Waals surface area contributed by atoms with Crippen LogP contribution in [0.1, 0.15) is 41.0 Å². The molecule has 0 aliphatic rings. The fourth-order valence-corrected chi connectivity index (χ4v) is 0.926. The van der Waals surface area contributed by atoms with Crippen LogP contribution in [0, 0.1) is 0 Å². The van der Waals surface area contributed by atoms with E-state index in [-0.39, 0.29) is 12.1 Å². The van der Waals surface area contributed by atoms with Crippen LogP contribution in [0.25, 0.3) is 0 Å². The summed E-state index contributed by atoms with van der Waals surface area (Å²) in [5.74, 6) is -0.366. The molecule has 0 spiro atoms. The monoisotopic (exact) mass is 217 g/mol. The number of carbonyl (C=O) groups is 1. The van der Waals surface area contributed by atoms with Crippen LogP contribution in [-0.2, 0) is 14.3 Å². The lowest BCUT2D eigenvalue weighted by molar-refractivity contribution is -0.157. The first-order valence-corrected chi connectivity index (χ1v) is 5.32.